The summed E-state index contributed by atoms with van der Waals surface area (Å²) in [6.45, 7) is 5.82. The fraction of sp³-hybridized carbons (Fsp3) is 1.00. The number of rotatable bonds is 7. The normalized spacial score (nSPS) is 16.5. The summed E-state index contributed by atoms with van der Waals surface area (Å²) in [4.78, 5) is 0. The molecule has 0 bridgehead atoms. The van der Waals surface area contributed by atoms with Gasteiger partial charge >= 0.3 is 6.18 Å². The van der Waals surface area contributed by atoms with Gasteiger partial charge in [-0.1, -0.05) is 26.7 Å². The Morgan fingerprint density at radius 1 is 1.00 bits per heavy atom. The molecule has 0 aromatic heterocycles. The Kier molecular flexibility index (Phi) is 6.38. The summed E-state index contributed by atoms with van der Waals surface area (Å²) < 4.78 is 35.7. The largest absolute Gasteiger partial charge is 0.390 e. The van der Waals surface area contributed by atoms with Crippen molar-refractivity contribution < 1.29 is 18.3 Å². The van der Waals surface area contributed by atoms with Crippen LogP contribution in [0, 0.1) is 5.92 Å². The van der Waals surface area contributed by atoms with Crippen LogP contribution >= 0.6 is 0 Å². The monoisotopic (exact) mass is 240 g/mol. The Bertz CT molecular complexity index is 185. The van der Waals surface area contributed by atoms with Gasteiger partial charge in [-0.2, -0.15) is 13.2 Å². The molecule has 0 aliphatic heterocycles. The molecule has 0 aromatic carbocycles. The van der Waals surface area contributed by atoms with E-state index in [9.17, 15) is 18.3 Å². The predicted molar refractivity (Wildman–Crippen MR) is 59.2 cm³/mol. The Hall–Kier alpha value is -0.250. The van der Waals surface area contributed by atoms with Gasteiger partial charge in [-0.3, -0.25) is 0 Å². The molecule has 0 saturated heterocycles. The maximum absolute atomic E-state index is 11.9. The van der Waals surface area contributed by atoms with Gasteiger partial charge in [0.1, 0.15) is 0 Å². The molecule has 1 nitrogen and oxygen atoms in total. The lowest BCUT2D eigenvalue weighted by Crippen LogP contribution is -2.24. The van der Waals surface area contributed by atoms with Crippen molar-refractivity contribution in [2.75, 3.05) is 0 Å². The molecule has 0 aliphatic carbocycles. The first kappa shape index (κ1) is 15.8. The Morgan fingerprint density at radius 2 is 1.50 bits per heavy atom. The minimum atomic E-state index is -4.10. The van der Waals surface area contributed by atoms with E-state index in [1.54, 1.807) is 6.92 Å². The van der Waals surface area contributed by atoms with Crippen molar-refractivity contribution in [2.24, 2.45) is 5.92 Å². The second-order valence-corrected chi connectivity index (χ2v) is 5.25. The third kappa shape index (κ3) is 10.3. The highest BCUT2D eigenvalue weighted by Crippen LogP contribution is 2.27. The third-order valence-electron chi connectivity index (χ3n) is 2.67. The highest BCUT2D eigenvalue weighted by Gasteiger charge is 2.28. The summed E-state index contributed by atoms with van der Waals surface area (Å²) in [6.07, 6.45) is -2.20. The molecule has 1 N–H and O–H groups in total. The molecule has 1 unspecified atom stereocenters. The Balaban J connectivity index is 3.70. The van der Waals surface area contributed by atoms with Crippen LogP contribution in [0.5, 0.6) is 0 Å². The van der Waals surface area contributed by atoms with Crippen LogP contribution in [0.3, 0.4) is 0 Å². The van der Waals surface area contributed by atoms with E-state index in [2.05, 4.69) is 13.8 Å². The highest BCUT2D eigenvalue weighted by atomic mass is 19.4. The third-order valence-corrected chi connectivity index (χ3v) is 2.67. The van der Waals surface area contributed by atoms with Crippen molar-refractivity contribution in [3.8, 4) is 0 Å². The standard InChI is InChI=1S/C12H23F3O/c1-10(2)6-4-7-11(3,16)8-5-9-12(13,14)15/h10,16H,4-9H2,1-3H3. The lowest BCUT2D eigenvalue weighted by molar-refractivity contribution is -0.137. The number of alkyl halides is 3. The second-order valence-electron chi connectivity index (χ2n) is 5.25. The molecule has 16 heavy (non-hydrogen) atoms. The molecule has 0 rings (SSSR count). The van der Waals surface area contributed by atoms with Crippen LogP contribution in [0.15, 0.2) is 0 Å². The van der Waals surface area contributed by atoms with Crippen molar-refractivity contribution in [1.82, 2.24) is 0 Å². The maximum Gasteiger partial charge on any atom is 0.389 e. The molecular weight excluding hydrogens is 217 g/mol. The van der Waals surface area contributed by atoms with Gasteiger partial charge in [0, 0.05) is 6.42 Å². The molecule has 4 heteroatoms. The van der Waals surface area contributed by atoms with Gasteiger partial charge in [-0.15, -0.1) is 0 Å². The van der Waals surface area contributed by atoms with Crippen LogP contribution in [-0.4, -0.2) is 16.9 Å². The van der Waals surface area contributed by atoms with Gasteiger partial charge in [0.15, 0.2) is 0 Å². The van der Waals surface area contributed by atoms with Crippen LogP contribution in [0.4, 0.5) is 13.2 Å². The average molecular weight is 240 g/mol. The van der Waals surface area contributed by atoms with Crippen LogP contribution in [0.1, 0.15) is 59.3 Å². The predicted octanol–water partition coefficient (Wildman–Crippen LogP) is 4.30. The van der Waals surface area contributed by atoms with Gasteiger partial charge in [0.25, 0.3) is 0 Å². The Morgan fingerprint density at radius 3 is 1.94 bits per heavy atom. The van der Waals surface area contributed by atoms with Crippen molar-refractivity contribution >= 4 is 0 Å². The Labute approximate surface area is 96.0 Å². The number of aliphatic hydroxyl groups is 1. The zero-order valence-electron chi connectivity index (χ0n) is 10.4. The zero-order valence-corrected chi connectivity index (χ0v) is 10.4. The molecule has 0 fully saturated rings. The van der Waals surface area contributed by atoms with Crippen molar-refractivity contribution in [3.63, 3.8) is 0 Å². The number of hydrogen-bond acceptors (Lipinski definition) is 1. The van der Waals surface area contributed by atoms with E-state index in [1.807, 2.05) is 0 Å². The summed E-state index contributed by atoms with van der Waals surface area (Å²) in [6, 6.07) is 0. The molecule has 1 atom stereocenters. The zero-order chi connectivity index (χ0) is 12.8. The lowest BCUT2D eigenvalue weighted by Gasteiger charge is -2.23. The fourth-order valence-electron chi connectivity index (χ4n) is 1.69. The number of halogens is 3. The molecule has 0 amide bonds. The fourth-order valence-corrected chi connectivity index (χ4v) is 1.69. The summed E-state index contributed by atoms with van der Waals surface area (Å²) in [7, 11) is 0. The second kappa shape index (κ2) is 6.48. The summed E-state index contributed by atoms with van der Waals surface area (Å²) in [5, 5.41) is 9.86. The first-order chi connectivity index (χ1) is 7.12. The topological polar surface area (TPSA) is 20.2 Å². The molecule has 0 radical (unpaired) electrons. The van der Waals surface area contributed by atoms with Crippen molar-refractivity contribution in [1.29, 1.82) is 0 Å². The van der Waals surface area contributed by atoms with E-state index < -0.39 is 18.2 Å². The minimum absolute atomic E-state index is 0.0121. The lowest BCUT2D eigenvalue weighted by atomic mass is 9.91. The molecule has 0 spiro atoms. The van der Waals surface area contributed by atoms with Crippen LogP contribution in [0.2, 0.25) is 0 Å². The summed E-state index contributed by atoms with van der Waals surface area (Å²) in [5.41, 5.74) is -0.944. The number of hydrogen-bond donors (Lipinski definition) is 1. The van der Waals surface area contributed by atoms with E-state index in [0.717, 1.165) is 12.8 Å². The van der Waals surface area contributed by atoms with E-state index in [1.165, 1.54) is 0 Å². The first-order valence-corrected chi connectivity index (χ1v) is 5.91. The van der Waals surface area contributed by atoms with E-state index >= 15 is 0 Å². The van der Waals surface area contributed by atoms with Gasteiger partial charge in [-0.05, 0) is 32.1 Å². The smallest absolute Gasteiger partial charge is 0.389 e. The first-order valence-electron chi connectivity index (χ1n) is 5.91. The maximum atomic E-state index is 11.9. The van der Waals surface area contributed by atoms with Gasteiger partial charge < -0.3 is 5.11 Å². The molecule has 0 saturated carbocycles. The summed E-state index contributed by atoms with van der Waals surface area (Å²) in [5.74, 6) is 0.575. The van der Waals surface area contributed by atoms with E-state index in [0.29, 0.717) is 12.3 Å². The molecule has 98 valence electrons. The van der Waals surface area contributed by atoms with E-state index in [-0.39, 0.29) is 12.8 Å². The van der Waals surface area contributed by atoms with Gasteiger partial charge in [-0.25, -0.2) is 0 Å². The van der Waals surface area contributed by atoms with Gasteiger partial charge in [0.2, 0.25) is 0 Å². The van der Waals surface area contributed by atoms with E-state index in [4.69, 9.17) is 0 Å². The molecular formula is C12H23F3O. The van der Waals surface area contributed by atoms with Gasteiger partial charge in [0.05, 0.1) is 5.60 Å². The molecule has 0 aromatic rings. The van der Waals surface area contributed by atoms with Crippen molar-refractivity contribution in [3.05, 3.63) is 0 Å². The highest BCUT2D eigenvalue weighted by molar-refractivity contribution is 4.73. The SMILES string of the molecule is CC(C)CCCC(C)(O)CCCC(F)(F)F. The molecule has 0 heterocycles. The van der Waals surface area contributed by atoms with Crippen LogP contribution in [-0.2, 0) is 0 Å². The summed E-state index contributed by atoms with van der Waals surface area (Å²) >= 11 is 0. The quantitative estimate of drug-likeness (QED) is 0.703. The van der Waals surface area contributed by atoms with Crippen LogP contribution in [0.25, 0.3) is 0 Å². The molecule has 0 aliphatic rings. The minimum Gasteiger partial charge on any atom is -0.390 e. The average Bonchev–Trinajstić information content (AvgIpc) is 1.99. The van der Waals surface area contributed by atoms with Crippen molar-refractivity contribution in [2.45, 2.75) is 71.1 Å². The van der Waals surface area contributed by atoms with Crippen LogP contribution < -0.4 is 0 Å².